The maximum atomic E-state index is 12.4. The van der Waals surface area contributed by atoms with Gasteiger partial charge in [0.05, 0.1) is 11.3 Å². The number of fused-ring (bicyclic) bond motifs is 1. The van der Waals surface area contributed by atoms with Gasteiger partial charge >= 0.3 is 5.97 Å². The van der Waals surface area contributed by atoms with Gasteiger partial charge in [0.15, 0.2) is 11.5 Å². The fourth-order valence-corrected chi connectivity index (χ4v) is 2.21. The highest BCUT2D eigenvalue weighted by molar-refractivity contribution is 6.08. The van der Waals surface area contributed by atoms with E-state index in [1.807, 2.05) is 0 Å². The van der Waals surface area contributed by atoms with Crippen molar-refractivity contribution in [1.29, 1.82) is 0 Å². The van der Waals surface area contributed by atoms with Gasteiger partial charge in [-0.25, -0.2) is 4.79 Å². The molecule has 0 saturated heterocycles. The third-order valence-electron chi connectivity index (χ3n) is 3.36. The molecule has 24 heavy (non-hydrogen) atoms. The number of benzene rings is 2. The first-order chi connectivity index (χ1) is 11.7. The standard InChI is InChI=1S/C18H15NO5/c1-2-9-22-18(21)13-5-3-4-6-14(13)19-17(20)12-7-8-15-16(10-12)24-11-23-15/h2-8,10H,1,9,11H2,(H,19,20). The van der Waals surface area contributed by atoms with Crippen molar-refractivity contribution >= 4 is 17.6 Å². The van der Waals surface area contributed by atoms with Crippen LogP contribution in [0.3, 0.4) is 0 Å². The Hall–Kier alpha value is -3.28. The molecule has 1 heterocycles. The SMILES string of the molecule is C=CCOC(=O)c1ccccc1NC(=O)c1ccc2c(c1)OCO2. The summed E-state index contributed by atoms with van der Waals surface area (Å²) in [6, 6.07) is 11.5. The van der Waals surface area contributed by atoms with Gasteiger partial charge in [-0.1, -0.05) is 24.8 Å². The molecule has 1 aliphatic heterocycles. The molecule has 1 amide bonds. The van der Waals surface area contributed by atoms with Crippen LogP contribution in [-0.4, -0.2) is 25.3 Å². The maximum Gasteiger partial charge on any atom is 0.340 e. The number of hydrogen-bond acceptors (Lipinski definition) is 5. The number of nitrogens with one attached hydrogen (secondary N) is 1. The highest BCUT2D eigenvalue weighted by Gasteiger charge is 2.18. The molecule has 3 rings (SSSR count). The van der Waals surface area contributed by atoms with E-state index in [2.05, 4.69) is 11.9 Å². The van der Waals surface area contributed by atoms with E-state index in [0.29, 0.717) is 22.7 Å². The molecule has 0 spiro atoms. The number of para-hydroxylation sites is 1. The highest BCUT2D eigenvalue weighted by Crippen LogP contribution is 2.32. The number of ether oxygens (including phenoxy) is 3. The summed E-state index contributed by atoms with van der Waals surface area (Å²) in [4.78, 5) is 24.5. The van der Waals surface area contributed by atoms with E-state index in [1.165, 1.54) is 6.08 Å². The van der Waals surface area contributed by atoms with Crippen LogP contribution in [0.5, 0.6) is 11.5 Å². The molecule has 1 N–H and O–H groups in total. The van der Waals surface area contributed by atoms with Crippen LogP contribution in [-0.2, 0) is 4.74 Å². The van der Waals surface area contributed by atoms with Gasteiger partial charge in [-0.15, -0.1) is 0 Å². The van der Waals surface area contributed by atoms with Crippen LogP contribution in [0.25, 0.3) is 0 Å². The zero-order valence-electron chi connectivity index (χ0n) is 12.8. The average Bonchev–Trinajstić information content (AvgIpc) is 3.07. The van der Waals surface area contributed by atoms with Crippen molar-refractivity contribution in [3.8, 4) is 11.5 Å². The van der Waals surface area contributed by atoms with Gasteiger partial charge in [0.2, 0.25) is 6.79 Å². The molecule has 0 aromatic heterocycles. The first kappa shape index (κ1) is 15.6. The fourth-order valence-electron chi connectivity index (χ4n) is 2.21. The van der Waals surface area contributed by atoms with E-state index >= 15 is 0 Å². The average molecular weight is 325 g/mol. The number of hydrogen-bond donors (Lipinski definition) is 1. The van der Waals surface area contributed by atoms with Crippen molar-refractivity contribution in [2.24, 2.45) is 0 Å². The summed E-state index contributed by atoms with van der Waals surface area (Å²) in [5.74, 6) is 0.218. The Morgan fingerprint density at radius 2 is 1.96 bits per heavy atom. The van der Waals surface area contributed by atoms with Crippen molar-refractivity contribution in [3.63, 3.8) is 0 Å². The summed E-state index contributed by atoms with van der Waals surface area (Å²) in [5.41, 5.74) is 1.04. The van der Waals surface area contributed by atoms with E-state index < -0.39 is 5.97 Å². The quantitative estimate of drug-likeness (QED) is 0.676. The van der Waals surface area contributed by atoms with Crippen molar-refractivity contribution < 1.29 is 23.8 Å². The topological polar surface area (TPSA) is 73.9 Å². The third kappa shape index (κ3) is 3.22. The van der Waals surface area contributed by atoms with Crippen LogP contribution in [0.2, 0.25) is 0 Å². The van der Waals surface area contributed by atoms with Crippen LogP contribution in [0.4, 0.5) is 5.69 Å². The largest absolute Gasteiger partial charge is 0.458 e. The van der Waals surface area contributed by atoms with Gasteiger partial charge in [0.1, 0.15) is 6.61 Å². The lowest BCUT2D eigenvalue weighted by Gasteiger charge is -2.10. The number of anilines is 1. The van der Waals surface area contributed by atoms with Gasteiger partial charge in [0.25, 0.3) is 5.91 Å². The second-order valence-electron chi connectivity index (χ2n) is 4.95. The molecule has 0 bridgehead atoms. The minimum atomic E-state index is -0.531. The molecular weight excluding hydrogens is 310 g/mol. The van der Waals surface area contributed by atoms with Crippen LogP contribution < -0.4 is 14.8 Å². The second kappa shape index (κ2) is 6.87. The molecule has 122 valence electrons. The summed E-state index contributed by atoms with van der Waals surface area (Å²) in [7, 11) is 0. The van der Waals surface area contributed by atoms with Crippen molar-refractivity contribution in [1.82, 2.24) is 0 Å². The van der Waals surface area contributed by atoms with Crippen molar-refractivity contribution in [2.45, 2.75) is 0 Å². The monoisotopic (exact) mass is 325 g/mol. The van der Waals surface area contributed by atoms with Crippen molar-refractivity contribution in [3.05, 3.63) is 66.2 Å². The zero-order valence-corrected chi connectivity index (χ0v) is 12.8. The minimum absolute atomic E-state index is 0.100. The Morgan fingerprint density at radius 1 is 1.17 bits per heavy atom. The van der Waals surface area contributed by atoms with Gasteiger partial charge < -0.3 is 19.5 Å². The first-order valence-electron chi connectivity index (χ1n) is 7.27. The Morgan fingerprint density at radius 3 is 2.79 bits per heavy atom. The Balaban J connectivity index is 1.79. The van der Waals surface area contributed by atoms with E-state index in [9.17, 15) is 9.59 Å². The molecule has 0 radical (unpaired) electrons. The lowest BCUT2D eigenvalue weighted by atomic mass is 10.1. The van der Waals surface area contributed by atoms with Gasteiger partial charge in [-0.05, 0) is 30.3 Å². The summed E-state index contributed by atoms with van der Waals surface area (Å²) >= 11 is 0. The first-order valence-corrected chi connectivity index (χ1v) is 7.27. The normalized spacial score (nSPS) is 11.7. The number of carbonyl (C=O) groups is 2. The lowest BCUT2D eigenvalue weighted by molar-refractivity contribution is 0.0551. The zero-order chi connectivity index (χ0) is 16.9. The van der Waals surface area contributed by atoms with E-state index in [1.54, 1.807) is 42.5 Å². The molecule has 2 aromatic carbocycles. The number of rotatable bonds is 5. The molecular formula is C18H15NO5. The predicted octanol–water partition coefficient (Wildman–Crippen LogP) is 3.01. The number of amides is 1. The second-order valence-corrected chi connectivity index (χ2v) is 4.95. The van der Waals surface area contributed by atoms with E-state index in [-0.39, 0.29) is 24.9 Å². The molecule has 0 atom stereocenters. The van der Waals surface area contributed by atoms with Gasteiger partial charge in [-0.3, -0.25) is 4.79 Å². The van der Waals surface area contributed by atoms with Crippen LogP contribution in [0, 0.1) is 0 Å². The molecule has 0 unspecified atom stereocenters. The summed E-state index contributed by atoms with van der Waals surface area (Å²) in [6.07, 6.45) is 1.48. The van der Waals surface area contributed by atoms with Crippen LogP contribution in [0.15, 0.2) is 55.1 Å². The Kier molecular flexibility index (Phi) is 4.47. The molecule has 2 aromatic rings. The van der Waals surface area contributed by atoms with Gasteiger partial charge in [0, 0.05) is 5.56 Å². The van der Waals surface area contributed by atoms with E-state index in [4.69, 9.17) is 14.2 Å². The minimum Gasteiger partial charge on any atom is -0.458 e. The summed E-state index contributed by atoms with van der Waals surface area (Å²) in [5, 5.41) is 2.71. The maximum absolute atomic E-state index is 12.4. The van der Waals surface area contributed by atoms with Gasteiger partial charge in [-0.2, -0.15) is 0 Å². The smallest absolute Gasteiger partial charge is 0.340 e. The number of carbonyl (C=O) groups excluding carboxylic acids is 2. The van der Waals surface area contributed by atoms with Crippen molar-refractivity contribution in [2.75, 3.05) is 18.7 Å². The molecule has 6 nitrogen and oxygen atoms in total. The lowest BCUT2D eigenvalue weighted by Crippen LogP contribution is -2.16. The Labute approximate surface area is 138 Å². The molecule has 0 fully saturated rings. The fraction of sp³-hybridized carbons (Fsp3) is 0.111. The third-order valence-corrected chi connectivity index (χ3v) is 3.36. The predicted molar refractivity (Wildman–Crippen MR) is 87.4 cm³/mol. The molecule has 6 heteroatoms. The van der Waals surface area contributed by atoms with Crippen LogP contribution >= 0.6 is 0 Å². The molecule has 0 saturated carbocycles. The number of esters is 1. The highest BCUT2D eigenvalue weighted by atomic mass is 16.7. The Bertz CT molecular complexity index is 800. The summed E-state index contributed by atoms with van der Waals surface area (Å²) in [6.45, 7) is 3.73. The molecule has 1 aliphatic rings. The van der Waals surface area contributed by atoms with E-state index in [0.717, 1.165) is 0 Å². The van der Waals surface area contributed by atoms with Crippen LogP contribution in [0.1, 0.15) is 20.7 Å². The summed E-state index contributed by atoms with van der Waals surface area (Å²) < 4.78 is 15.5. The molecule has 0 aliphatic carbocycles.